The van der Waals surface area contributed by atoms with E-state index in [0.717, 1.165) is 27.2 Å². The summed E-state index contributed by atoms with van der Waals surface area (Å²) in [6.45, 7) is 3.49. The minimum atomic E-state index is 0.839. The normalized spacial score (nSPS) is 17.9. The third-order valence-electron chi connectivity index (χ3n) is 4.34. The second kappa shape index (κ2) is 6.00. The van der Waals surface area contributed by atoms with Gasteiger partial charge in [0.2, 0.25) is 0 Å². The number of piperidine rings is 1. The number of hydrogen-bond donors (Lipinski definition) is 1. The topological polar surface area (TPSA) is 24.0 Å². The number of benzene rings is 1. The van der Waals surface area contributed by atoms with Crippen molar-refractivity contribution < 1.29 is 0 Å². The van der Waals surface area contributed by atoms with Crippen LogP contribution in [0, 0.1) is 10.7 Å². The van der Waals surface area contributed by atoms with Crippen molar-refractivity contribution in [3.05, 3.63) is 27.4 Å². The molecule has 1 aliphatic rings. The Morgan fingerprint density at radius 3 is 2.85 bits per heavy atom. The van der Waals surface area contributed by atoms with E-state index in [9.17, 15) is 0 Å². The summed E-state index contributed by atoms with van der Waals surface area (Å²) >= 11 is 8.97. The number of rotatable bonds is 3. The molecular weight excluding hydrogens is 334 g/mol. The third-order valence-corrected chi connectivity index (χ3v) is 5.15. The molecule has 0 amide bonds. The van der Waals surface area contributed by atoms with Crippen molar-refractivity contribution >= 4 is 39.2 Å². The molecule has 0 atom stereocenters. The maximum Gasteiger partial charge on any atom is 0.178 e. The molecule has 1 aromatic heterocycles. The molecular formula is C15H20BrN3S. The van der Waals surface area contributed by atoms with Crippen LogP contribution in [0.1, 0.15) is 19.3 Å². The van der Waals surface area contributed by atoms with Gasteiger partial charge in [0.05, 0.1) is 11.0 Å². The number of hydrogen-bond acceptors (Lipinski definition) is 2. The molecule has 20 heavy (non-hydrogen) atoms. The van der Waals surface area contributed by atoms with Crippen molar-refractivity contribution in [2.45, 2.75) is 25.8 Å². The van der Waals surface area contributed by atoms with Crippen LogP contribution in [-0.2, 0) is 6.54 Å². The number of likely N-dealkylation sites (tertiary alicyclic amines) is 1. The molecule has 0 radical (unpaired) electrons. The third kappa shape index (κ3) is 3.00. The lowest BCUT2D eigenvalue weighted by Gasteiger charge is -2.28. The van der Waals surface area contributed by atoms with E-state index in [1.165, 1.54) is 37.9 Å². The summed E-state index contributed by atoms with van der Waals surface area (Å²) in [6.07, 6.45) is 3.86. The van der Waals surface area contributed by atoms with Gasteiger partial charge in [-0.2, -0.15) is 0 Å². The van der Waals surface area contributed by atoms with Crippen LogP contribution in [-0.4, -0.2) is 34.6 Å². The van der Waals surface area contributed by atoms with Gasteiger partial charge in [-0.25, -0.2) is 0 Å². The Morgan fingerprint density at radius 2 is 2.10 bits per heavy atom. The first-order chi connectivity index (χ1) is 9.63. The lowest BCUT2D eigenvalue weighted by Crippen LogP contribution is -2.30. The maximum atomic E-state index is 5.47. The number of aryl methyl sites for hydroxylation is 1. The average molecular weight is 354 g/mol. The first-order valence-corrected chi connectivity index (χ1v) is 8.40. The Balaban J connectivity index is 1.74. The van der Waals surface area contributed by atoms with Gasteiger partial charge >= 0.3 is 0 Å². The molecule has 2 aromatic rings. The summed E-state index contributed by atoms with van der Waals surface area (Å²) in [5, 5.41) is 0. The van der Waals surface area contributed by atoms with Crippen LogP contribution >= 0.6 is 28.1 Å². The van der Waals surface area contributed by atoms with Crippen molar-refractivity contribution in [3.8, 4) is 0 Å². The van der Waals surface area contributed by atoms with E-state index >= 15 is 0 Å². The zero-order chi connectivity index (χ0) is 14.1. The van der Waals surface area contributed by atoms with Crippen LogP contribution in [0.5, 0.6) is 0 Å². The summed E-state index contributed by atoms with van der Waals surface area (Å²) in [4.78, 5) is 5.72. The van der Waals surface area contributed by atoms with Crippen molar-refractivity contribution in [2.75, 3.05) is 20.1 Å². The lowest BCUT2D eigenvalue weighted by atomic mass is 9.94. The highest BCUT2D eigenvalue weighted by Gasteiger charge is 2.17. The van der Waals surface area contributed by atoms with Crippen LogP contribution in [0.2, 0.25) is 0 Å². The molecule has 1 N–H and O–H groups in total. The summed E-state index contributed by atoms with van der Waals surface area (Å²) in [5.41, 5.74) is 2.33. The van der Waals surface area contributed by atoms with Gasteiger partial charge < -0.3 is 14.5 Å². The number of halogens is 1. The molecule has 2 heterocycles. The van der Waals surface area contributed by atoms with E-state index in [2.05, 4.69) is 55.6 Å². The van der Waals surface area contributed by atoms with Crippen molar-refractivity contribution in [3.63, 3.8) is 0 Å². The van der Waals surface area contributed by atoms with E-state index in [4.69, 9.17) is 12.2 Å². The van der Waals surface area contributed by atoms with Gasteiger partial charge in [0.15, 0.2) is 4.77 Å². The predicted octanol–water partition coefficient (Wildman–Crippen LogP) is 4.19. The standard InChI is InChI=1S/C15H20BrN3S/c1-18-7-4-11(5-8-18)6-9-19-14-3-2-12(16)10-13(14)17-15(19)20/h2-3,10-11H,4-9H2,1H3,(H,17,20). The minimum absolute atomic E-state index is 0.839. The van der Waals surface area contributed by atoms with Crippen LogP contribution in [0.15, 0.2) is 22.7 Å². The summed E-state index contributed by atoms with van der Waals surface area (Å²) in [7, 11) is 2.21. The predicted molar refractivity (Wildman–Crippen MR) is 89.7 cm³/mol. The molecule has 0 saturated carbocycles. The van der Waals surface area contributed by atoms with Gasteiger partial charge in [-0.15, -0.1) is 0 Å². The zero-order valence-electron chi connectivity index (χ0n) is 11.7. The quantitative estimate of drug-likeness (QED) is 0.836. The second-order valence-electron chi connectivity index (χ2n) is 5.78. The summed E-state index contributed by atoms with van der Waals surface area (Å²) in [6, 6.07) is 6.31. The lowest BCUT2D eigenvalue weighted by molar-refractivity contribution is 0.208. The summed E-state index contributed by atoms with van der Waals surface area (Å²) in [5.74, 6) is 0.841. The molecule has 1 aromatic carbocycles. The van der Waals surface area contributed by atoms with E-state index in [-0.39, 0.29) is 0 Å². The fourth-order valence-electron chi connectivity index (χ4n) is 3.02. The van der Waals surface area contributed by atoms with Crippen molar-refractivity contribution in [2.24, 2.45) is 5.92 Å². The van der Waals surface area contributed by atoms with Gasteiger partial charge in [-0.3, -0.25) is 0 Å². The number of aromatic nitrogens is 2. The Kier molecular flexibility index (Phi) is 4.29. The largest absolute Gasteiger partial charge is 0.331 e. The molecule has 5 heteroatoms. The smallest absolute Gasteiger partial charge is 0.178 e. The SMILES string of the molecule is CN1CCC(CCn2c(=S)[nH]c3cc(Br)ccc32)CC1. The first kappa shape index (κ1) is 14.3. The number of nitrogens with zero attached hydrogens (tertiary/aromatic N) is 2. The van der Waals surface area contributed by atoms with Gasteiger partial charge in [-0.05, 0) is 75.7 Å². The molecule has 3 rings (SSSR count). The van der Waals surface area contributed by atoms with Crippen LogP contribution in [0.4, 0.5) is 0 Å². The van der Waals surface area contributed by atoms with E-state index in [0.29, 0.717) is 0 Å². The molecule has 0 spiro atoms. The zero-order valence-corrected chi connectivity index (χ0v) is 14.1. The molecule has 1 aliphatic heterocycles. The monoisotopic (exact) mass is 353 g/mol. The fraction of sp³-hybridized carbons (Fsp3) is 0.533. The van der Waals surface area contributed by atoms with Gasteiger partial charge in [-0.1, -0.05) is 15.9 Å². The average Bonchev–Trinajstić information content (AvgIpc) is 2.73. The first-order valence-electron chi connectivity index (χ1n) is 7.20. The van der Waals surface area contributed by atoms with Crippen molar-refractivity contribution in [1.29, 1.82) is 0 Å². The Bertz CT molecular complexity index is 653. The fourth-order valence-corrected chi connectivity index (χ4v) is 3.68. The van der Waals surface area contributed by atoms with Crippen LogP contribution < -0.4 is 0 Å². The minimum Gasteiger partial charge on any atom is -0.331 e. The summed E-state index contributed by atoms with van der Waals surface area (Å²) < 4.78 is 4.17. The maximum absolute atomic E-state index is 5.47. The van der Waals surface area contributed by atoms with Gasteiger partial charge in [0, 0.05) is 11.0 Å². The van der Waals surface area contributed by atoms with Crippen LogP contribution in [0.25, 0.3) is 11.0 Å². The molecule has 108 valence electrons. The molecule has 1 fully saturated rings. The molecule has 0 bridgehead atoms. The number of H-pyrrole nitrogens is 1. The second-order valence-corrected chi connectivity index (χ2v) is 7.08. The highest BCUT2D eigenvalue weighted by atomic mass is 79.9. The Morgan fingerprint density at radius 1 is 1.35 bits per heavy atom. The molecule has 0 unspecified atom stereocenters. The number of fused-ring (bicyclic) bond motifs is 1. The Labute approximate surface area is 133 Å². The molecule has 3 nitrogen and oxygen atoms in total. The van der Waals surface area contributed by atoms with Crippen molar-refractivity contribution in [1.82, 2.24) is 14.5 Å². The highest BCUT2D eigenvalue weighted by Crippen LogP contribution is 2.23. The number of nitrogens with one attached hydrogen (secondary N) is 1. The number of aromatic amines is 1. The molecule has 1 saturated heterocycles. The van der Waals surface area contributed by atoms with E-state index in [1.54, 1.807) is 0 Å². The highest BCUT2D eigenvalue weighted by molar-refractivity contribution is 9.10. The van der Waals surface area contributed by atoms with E-state index in [1.807, 2.05) is 0 Å². The van der Waals surface area contributed by atoms with Crippen LogP contribution in [0.3, 0.4) is 0 Å². The van der Waals surface area contributed by atoms with Gasteiger partial charge in [0.1, 0.15) is 0 Å². The number of imidazole rings is 1. The van der Waals surface area contributed by atoms with Gasteiger partial charge in [0.25, 0.3) is 0 Å². The van der Waals surface area contributed by atoms with E-state index < -0.39 is 0 Å². The Hall–Kier alpha value is -0.650. The molecule has 0 aliphatic carbocycles.